The molecule has 1 rings (SSSR count). The second-order valence-corrected chi connectivity index (χ2v) is 1.88. The Morgan fingerprint density at radius 2 is 1.90 bits per heavy atom. The summed E-state index contributed by atoms with van der Waals surface area (Å²) >= 11 is 0. The van der Waals surface area contributed by atoms with Gasteiger partial charge in [-0.1, -0.05) is 0 Å². The SMILES string of the molecule is O=C([O-])C1COCOC1.[Na+]. The summed E-state index contributed by atoms with van der Waals surface area (Å²) < 4.78 is 9.40. The van der Waals surface area contributed by atoms with Gasteiger partial charge in [-0.05, 0) is 0 Å². The van der Waals surface area contributed by atoms with E-state index in [1.165, 1.54) is 0 Å². The van der Waals surface area contributed by atoms with Crippen LogP contribution in [0.5, 0.6) is 0 Å². The van der Waals surface area contributed by atoms with Crippen molar-refractivity contribution in [1.29, 1.82) is 0 Å². The molecule has 0 aromatic rings. The Hall–Kier alpha value is 0.390. The van der Waals surface area contributed by atoms with Crippen LogP contribution < -0.4 is 34.7 Å². The number of carbonyl (C=O) groups is 1. The molecule has 0 radical (unpaired) electrons. The summed E-state index contributed by atoms with van der Waals surface area (Å²) in [5.74, 6) is -1.69. The molecule has 0 bridgehead atoms. The van der Waals surface area contributed by atoms with Crippen LogP contribution in [-0.2, 0) is 14.3 Å². The molecule has 0 saturated carbocycles. The molecule has 0 aromatic heterocycles. The van der Waals surface area contributed by atoms with Crippen molar-refractivity contribution < 1.29 is 48.9 Å². The summed E-state index contributed by atoms with van der Waals surface area (Å²) in [4.78, 5) is 10.1. The predicted octanol–water partition coefficient (Wildman–Crippen LogP) is -4.64. The van der Waals surface area contributed by atoms with E-state index in [2.05, 4.69) is 0 Å². The van der Waals surface area contributed by atoms with Gasteiger partial charge in [0.25, 0.3) is 0 Å². The molecule has 0 atom stereocenters. The van der Waals surface area contributed by atoms with Crippen LogP contribution in [0.15, 0.2) is 0 Å². The van der Waals surface area contributed by atoms with E-state index < -0.39 is 11.9 Å². The van der Waals surface area contributed by atoms with E-state index in [4.69, 9.17) is 9.47 Å². The number of carbonyl (C=O) groups excluding carboxylic acids is 1. The zero-order chi connectivity index (χ0) is 6.69. The molecule has 0 aromatic carbocycles. The molecular weight excluding hydrogens is 147 g/mol. The normalized spacial score (nSPS) is 19.6. The fourth-order valence-electron chi connectivity index (χ4n) is 0.624. The van der Waals surface area contributed by atoms with Crippen LogP contribution in [0.25, 0.3) is 0 Å². The molecule has 52 valence electrons. The molecule has 1 saturated heterocycles. The first kappa shape index (κ1) is 10.4. The van der Waals surface area contributed by atoms with Crippen molar-refractivity contribution in [3.63, 3.8) is 0 Å². The molecule has 0 spiro atoms. The molecule has 0 N–H and O–H groups in total. The third kappa shape index (κ3) is 2.98. The van der Waals surface area contributed by atoms with Crippen molar-refractivity contribution in [2.24, 2.45) is 5.92 Å². The topological polar surface area (TPSA) is 58.6 Å². The van der Waals surface area contributed by atoms with Gasteiger partial charge in [0.05, 0.1) is 13.2 Å². The maximum Gasteiger partial charge on any atom is 1.00 e. The van der Waals surface area contributed by atoms with E-state index in [0.29, 0.717) is 0 Å². The van der Waals surface area contributed by atoms with Crippen molar-refractivity contribution in [2.45, 2.75) is 0 Å². The maximum absolute atomic E-state index is 10.1. The fraction of sp³-hybridized carbons (Fsp3) is 0.800. The molecule has 0 amide bonds. The van der Waals surface area contributed by atoms with Crippen LogP contribution in [0.1, 0.15) is 0 Å². The van der Waals surface area contributed by atoms with Crippen molar-refractivity contribution in [3.05, 3.63) is 0 Å². The second-order valence-electron chi connectivity index (χ2n) is 1.88. The van der Waals surface area contributed by atoms with Crippen LogP contribution in [0.2, 0.25) is 0 Å². The fourth-order valence-corrected chi connectivity index (χ4v) is 0.624. The molecule has 0 aliphatic carbocycles. The first-order valence-corrected chi connectivity index (χ1v) is 2.67. The third-order valence-electron chi connectivity index (χ3n) is 1.14. The molecule has 10 heavy (non-hydrogen) atoms. The van der Waals surface area contributed by atoms with Crippen LogP contribution in [0.3, 0.4) is 0 Å². The summed E-state index contributed by atoms with van der Waals surface area (Å²) in [6.45, 7) is 0.619. The van der Waals surface area contributed by atoms with Gasteiger partial charge in [0.2, 0.25) is 0 Å². The van der Waals surface area contributed by atoms with E-state index in [1.54, 1.807) is 0 Å². The number of ether oxygens (including phenoxy) is 2. The molecule has 1 heterocycles. The third-order valence-corrected chi connectivity index (χ3v) is 1.14. The maximum atomic E-state index is 10.1. The van der Waals surface area contributed by atoms with Crippen LogP contribution in [0.4, 0.5) is 0 Å². The van der Waals surface area contributed by atoms with E-state index >= 15 is 0 Å². The quantitative estimate of drug-likeness (QED) is 0.356. The summed E-state index contributed by atoms with van der Waals surface area (Å²) in [7, 11) is 0. The van der Waals surface area contributed by atoms with E-state index in [9.17, 15) is 9.90 Å². The molecule has 5 heteroatoms. The Balaban J connectivity index is 0.000000810. The first-order valence-electron chi connectivity index (χ1n) is 2.67. The number of carboxylic acid groups (broad SMARTS) is 1. The molecule has 1 aliphatic heterocycles. The van der Waals surface area contributed by atoms with Gasteiger partial charge < -0.3 is 19.4 Å². The molecular formula is C5H7NaO4. The van der Waals surface area contributed by atoms with Gasteiger partial charge >= 0.3 is 29.6 Å². The van der Waals surface area contributed by atoms with Gasteiger partial charge in [-0.15, -0.1) is 0 Å². The van der Waals surface area contributed by atoms with Gasteiger partial charge in [-0.3, -0.25) is 0 Å². The number of rotatable bonds is 1. The van der Waals surface area contributed by atoms with Crippen LogP contribution in [0, 0.1) is 5.92 Å². The minimum atomic E-state index is -1.10. The minimum Gasteiger partial charge on any atom is -0.550 e. The predicted molar refractivity (Wildman–Crippen MR) is 25.3 cm³/mol. The largest absolute Gasteiger partial charge is 1.00 e. The number of hydrogen-bond acceptors (Lipinski definition) is 4. The Morgan fingerprint density at radius 3 is 2.20 bits per heavy atom. The molecule has 1 fully saturated rings. The zero-order valence-electron chi connectivity index (χ0n) is 5.83. The molecule has 4 nitrogen and oxygen atoms in total. The van der Waals surface area contributed by atoms with Gasteiger partial charge in [0, 0.05) is 11.9 Å². The van der Waals surface area contributed by atoms with E-state index in [0.717, 1.165) is 0 Å². The number of hydrogen-bond donors (Lipinski definition) is 0. The van der Waals surface area contributed by atoms with Crippen molar-refractivity contribution in [1.82, 2.24) is 0 Å². The average Bonchev–Trinajstić information content (AvgIpc) is 1.90. The van der Waals surface area contributed by atoms with Gasteiger partial charge in [0.1, 0.15) is 6.79 Å². The Morgan fingerprint density at radius 1 is 1.40 bits per heavy atom. The standard InChI is InChI=1S/C5H8O4.Na/c6-5(7)4-1-8-3-9-2-4;/h4H,1-3H2,(H,6,7);/q;+1/p-1. The van der Waals surface area contributed by atoms with Gasteiger partial charge in [0.15, 0.2) is 0 Å². The summed E-state index contributed by atoms with van der Waals surface area (Å²) in [6.07, 6.45) is 0. The first-order chi connectivity index (χ1) is 4.30. The van der Waals surface area contributed by atoms with E-state index in [1.807, 2.05) is 0 Å². The summed E-state index contributed by atoms with van der Waals surface area (Å²) in [6, 6.07) is 0. The molecule has 0 unspecified atom stereocenters. The van der Waals surface area contributed by atoms with Crippen molar-refractivity contribution >= 4 is 5.97 Å². The summed E-state index contributed by atoms with van der Waals surface area (Å²) in [5, 5.41) is 10.1. The van der Waals surface area contributed by atoms with Gasteiger partial charge in [-0.25, -0.2) is 0 Å². The smallest absolute Gasteiger partial charge is 0.550 e. The monoisotopic (exact) mass is 154 g/mol. The zero-order valence-corrected chi connectivity index (χ0v) is 7.83. The van der Waals surface area contributed by atoms with Crippen molar-refractivity contribution in [2.75, 3.05) is 20.0 Å². The van der Waals surface area contributed by atoms with Crippen LogP contribution >= 0.6 is 0 Å². The van der Waals surface area contributed by atoms with Gasteiger partial charge in [-0.2, -0.15) is 0 Å². The van der Waals surface area contributed by atoms with Crippen molar-refractivity contribution in [3.8, 4) is 0 Å². The molecule has 1 aliphatic rings. The minimum absolute atomic E-state index is 0. The van der Waals surface area contributed by atoms with Crippen LogP contribution in [-0.4, -0.2) is 26.0 Å². The Kier molecular flexibility index (Phi) is 5.29. The summed E-state index contributed by atoms with van der Waals surface area (Å²) in [5.41, 5.74) is 0. The number of carboxylic acids is 1. The number of aliphatic carboxylic acids is 1. The Labute approximate surface area is 80.8 Å². The Bertz CT molecular complexity index is 110. The van der Waals surface area contributed by atoms with E-state index in [-0.39, 0.29) is 49.6 Å². The second kappa shape index (κ2) is 5.09. The average molecular weight is 154 g/mol.